The molecule has 0 aliphatic carbocycles. The first kappa shape index (κ1) is 48.6. The molecule has 2 aliphatic rings. The van der Waals surface area contributed by atoms with Crippen LogP contribution in [0.15, 0.2) is 24.4 Å². The Morgan fingerprint density at radius 2 is 1.38 bits per heavy atom. The summed E-state index contributed by atoms with van der Waals surface area (Å²) in [6, 6.07) is 5.22. The van der Waals surface area contributed by atoms with Crippen molar-refractivity contribution in [1.82, 2.24) is 24.9 Å². The van der Waals surface area contributed by atoms with Gasteiger partial charge in [-0.3, -0.25) is 4.98 Å². The van der Waals surface area contributed by atoms with Gasteiger partial charge in [0.1, 0.15) is 17.1 Å². The number of nitrogens with zero attached hydrogens (tertiary/aromatic N) is 5. The summed E-state index contributed by atoms with van der Waals surface area (Å²) in [4.78, 5) is 24.0. The van der Waals surface area contributed by atoms with Gasteiger partial charge in [-0.15, -0.1) is 5.52 Å². The van der Waals surface area contributed by atoms with Crippen LogP contribution in [0.2, 0.25) is 0 Å². The first-order valence-corrected chi connectivity index (χ1v) is 17.1. The van der Waals surface area contributed by atoms with E-state index in [1.807, 2.05) is 13.0 Å². The number of aromatic nitrogens is 5. The minimum atomic E-state index is -0.398. The number of ether oxygens (including phenoxy) is 2. The zero-order valence-electron chi connectivity index (χ0n) is 30.9. The molecule has 0 saturated carbocycles. The van der Waals surface area contributed by atoms with Crippen LogP contribution in [0.5, 0.6) is 23.1 Å². The fourth-order valence-electron chi connectivity index (χ4n) is 6.47. The maximum Gasteiger partial charge on any atom is 0.238 e. The number of rotatable bonds is 13. The Kier molecular flexibility index (Phi) is 21.1. The molecule has 5 N–H and O–H groups in total. The molecule has 280 valence electrons. The van der Waals surface area contributed by atoms with Crippen LogP contribution in [-0.2, 0) is 6.42 Å². The van der Waals surface area contributed by atoms with Gasteiger partial charge in [-0.2, -0.15) is 0 Å². The fourth-order valence-corrected chi connectivity index (χ4v) is 6.47. The van der Waals surface area contributed by atoms with Crippen molar-refractivity contribution in [3.8, 4) is 23.1 Å². The van der Waals surface area contributed by atoms with Crippen molar-refractivity contribution in [2.45, 2.75) is 72.6 Å². The molecule has 5 rings (SSSR count). The topological polar surface area (TPSA) is 185 Å². The molecular weight excluding hydrogens is 1250 g/mol. The van der Waals surface area contributed by atoms with Gasteiger partial charge in [-0.25, -0.2) is 15.0 Å². The van der Waals surface area contributed by atoms with Crippen LogP contribution in [-0.4, -0.2) is 79.0 Å². The zero-order valence-corrected chi connectivity index (χ0v) is 42.6. The molecule has 0 unspecified atom stereocenters. The maximum atomic E-state index is 11.9. The first-order chi connectivity index (χ1) is 24.2. The van der Waals surface area contributed by atoms with Gasteiger partial charge in [0.25, 0.3) is 0 Å². The molecule has 15 heteroatoms. The average Bonchev–Trinajstić information content (AvgIpc) is 3.74. The van der Waals surface area contributed by atoms with E-state index in [1.54, 1.807) is 25.3 Å². The van der Waals surface area contributed by atoms with Gasteiger partial charge in [0.05, 0.1) is 42.3 Å². The molecule has 0 saturated heterocycles. The number of aromatic hydroxyl groups is 2. The smallest absolute Gasteiger partial charge is 0.238 e. The fraction of sp³-hybridized carbons (Fsp3) is 0.421. The molecule has 6 bridgehead atoms. The van der Waals surface area contributed by atoms with Gasteiger partial charge < -0.3 is 40.0 Å². The SMILES string of the molecule is CCC1=C(CC)c2cc3[n-]c(c(C)c3CCCO)c(O)c3nc(c(O)nc4cc(OC)c(OCCCO)cc4ncc1n2)C(C)=C3CCCO.[Ac].[Ac].[Gd]. The normalized spacial score (nSPS) is 12.2. The number of hydrogen-bond donors (Lipinski definition) is 5. The molecule has 3 aromatic rings. The van der Waals surface area contributed by atoms with Gasteiger partial charge in [-0.1, -0.05) is 36.6 Å². The van der Waals surface area contributed by atoms with Crippen molar-refractivity contribution in [3.05, 3.63) is 58.3 Å². The van der Waals surface area contributed by atoms with E-state index in [4.69, 9.17) is 29.4 Å². The number of methoxy groups -OCH3 is 1. The van der Waals surface area contributed by atoms with Crippen molar-refractivity contribution in [3.63, 3.8) is 0 Å². The summed E-state index contributed by atoms with van der Waals surface area (Å²) in [5.41, 5.74) is 8.50. The van der Waals surface area contributed by atoms with Crippen molar-refractivity contribution in [2.75, 3.05) is 33.5 Å². The number of allylic oxidation sites excluding steroid dienone is 4. The summed E-state index contributed by atoms with van der Waals surface area (Å²) in [6.07, 6.45) is 5.39. The number of fused-ring (bicyclic) bond motifs is 7. The minimum Gasteiger partial charge on any atom is -0.654 e. The molecule has 0 spiro atoms. The van der Waals surface area contributed by atoms with E-state index in [0.29, 0.717) is 89.8 Å². The van der Waals surface area contributed by atoms with Crippen LogP contribution in [0.25, 0.3) is 44.4 Å². The second kappa shape index (κ2) is 23.0. The number of benzene rings is 1. The largest absolute Gasteiger partial charge is 0.654 e. The Labute approximate surface area is 413 Å². The van der Waals surface area contributed by atoms with Crippen LogP contribution in [0.4, 0.5) is 0 Å². The molecule has 53 heavy (non-hydrogen) atoms. The minimum absolute atomic E-state index is 0. The van der Waals surface area contributed by atoms with Crippen molar-refractivity contribution < 1.29 is 163 Å². The second-order valence-electron chi connectivity index (χ2n) is 12.2. The predicted molar refractivity (Wildman–Crippen MR) is 193 cm³/mol. The Hall–Kier alpha value is -0.572. The van der Waals surface area contributed by atoms with Crippen molar-refractivity contribution >= 4 is 44.4 Å². The molecule has 0 fully saturated rings. The second-order valence-corrected chi connectivity index (χ2v) is 12.2. The van der Waals surface area contributed by atoms with Gasteiger partial charge in [0, 0.05) is 166 Å². The van der Waals surface area contributed by atoms with Crippen molar-refractivity contribution in [2.24, 2.45) is 0 Å². The third-order valence-corrected chi connectivity index (χ3v) is 9.07. The monoisotopic (exact) mass is 1300 g/mol. The van der Waals surface area contributed by atoms with Crippen LogP contribution < -0.4 is 14.5 Å². The van der Waals surface area contributed by atoms with Crippen molar-refractivity contribution in [1.29, 1.82) is 0 Å². The molecule has 2 aromatic heterocycles. The van der Waals surface area contributed by atoms with E-state index in [-0.39, 0.29) is 177 Å². The van der Waals surface area contributed by atoms with Gasteiger partial charge in [-0.05, 0) is 74.7 Å². The van der Waals surface area contributed by atoms with Gasteiger partial charge in [0.2, 0.25) is 5.88 Å². The first-order valence-electron chi connectivity index (χ1n) is 17.1. The third-order valence-electron chi connectivity index (χ3n) is 9.07. The molecule has 1 aromatic carbocycles. The van der Waals surface area contributed by atoms with Crippen LogP contribution in [0, 0.1) is 135 Å². The molecule has 4 heterocycles. The Morgan fingerprint density at radius 1 is 0.736 bits per heavy atom. The molecule has 0 amide bonds. The number of aliphatic hydroxyl groups excluding tert-OH is 3. The van der Waals surface area contributed by atoms with Crippen LogP contribution in [0.1, 0.15) is 93.2 Å². The number of aliphatic hydroxyl groups is 3. The van der Waals surface area contributed by atoms with Crippen LogP contribution in [0.3, 0.4) is 0 Å². The third kappa shape index (κ3) is 10.9. The summed E-state index contributed by atoms with van der Waals surface area (Å²) in [5.74, 6) is 0.205. The average molecular weight is 1300 g/mol. The maximum absolute atomic E-state index is 11.9. The van der Waals surface area contributed by atoms with Crippen LogP contribution >= 0.6 is 0 Å². The molecular formula is C38H46Ac2GdN5O7-. The van der Waals surface area contributed by atoms with E-state index in [2.05, 4.69) is 18.8 Å². The van der Waals surface area contributed by atoms with Gasteiger partial charge >= 0.3 is 0 Å². The molecule has 2 aliphatic heterocycles. The van der Waals surface area contributed by atoms with Gasteiger partial charge in [0.15, 0.2) is 11.5 Å². The molecule has 2 radical (unpaired) electrons. The van der Waals surface area contributed by atoms with E-state index >= 15 is 0 Å². The Morgan fingerprint density at radius 3 is 2.02 bits per heavy atom. The van der Waals surface area contributed by atoms with E-state index in [1.165, 1.54) is 7.11 Å². The quantitative estimate of drug-likeness (QED) is 0.130. The number of aryl methyl sites for hydroxylation is 2. The Bertz CT molecular complexity index is 2040. The number of hydrogen-bond acceptors (Lipinski definition) is 11. The molecule has 12 nitrogen and oxygen atoms in total. The zero-order chi connectivity index (χ0) is 35.9. The summed E-state index contributed by atoms with van der Waals surface area (Å²) in [5, 5.41) is 52.1. The van der Waals surface area contributed by atoms with E-state index < -0.39 is 5.88 Å². The molecule has 0 atom stereocenters. The summed E-state index contributed by atoms with van der Waals surface area (Å²) in [7, 11) is 1.50. The van der Waals surface area contributed by atoms with E-state index in [9.17, 15) is 25.5 Å². The standard InChI is InChI=1S/C38H46N5O7.2Ac.Gd/c1-6-23-24(7-2)31-20-39-29-18-33(50-16-10-15-46)32(49-5)19-30(29)42-38(48)35-22(4)26(12-9-14-45)36(43-35)37(47)34-21(3)25(11-8-13-44)28(41-34)17-27(23)40-31;;;/h17-20,44-46H,6-16H2,1-5H3,(H2-,39,40,41,42,43,47,48);;;/q-1;;;. The summed E-state index contributed by atoms with van der Waals surface area (Å²) < 4.78 is 11.5. The summed E-state index contributed by atoms with van der Waals surface area (Å²) >= 11 is 0. The predicted octanol–water partition coefficient (Wildman–Crippen LogP) is 5.82. The summed E-state index contributed by atoms with van der Waals surface area (Å²) in [6.45, 7) is 7.98. The van der Waals surface area contributed by atoms with E-state index in [0.717, 1.165) is 28.0 Å². The Balaban J connectivity index is 0.00000324.